The molecular weight excluding hydrogens is 311 g/mol. The number of rotatable bonds is 4. The minimum atomic E-state index is -4.32. The molecule has 0 spiro atoms. The van der Waals surface area contributed by atoms with Gasteiger partial charge in [0, 0.05) is 16.3 Å². The van der Waals surface area contributed by atoms with Crippen molar-refractivity contribution in [2.75, 3.05) is 6.54 Å². The zero-order valence-electron chi connectivity index (χ0n) is 12.3. The molecule has 0 fully saturated rings. The van der Waals surface area contributed by atoms with Crippen LogP contribution in [0, 0.1) is 13.8 Å². The van der Waals surface area contributed by atoms with Crippen LogP contribution in [0.3, 0.4) is 0 Å². The molecule has 0 atom stereocenters. The second-order valence-corrected chi connectivity index (χ2v) is 6.49. The number of alkyl halides is 3. The smallest absolute Gasteiger partial charge is 0.352 e. The largest absolute Gasteiger partial charge is 0.416 e. The Hall–Kier alpha value is -1.82. The third-order valence-electron chi connectivity index (χ3n) is 3.27. The summed E-state index contributed by atoms with van der Waals surface area (Å²) in [5.41, 5.74) is 0.756. The van der Waals surface area contributed by atoms with Crippen molar-refractivity contribution in [1.82, 2.24) is 5.32 Å². The summed E-state index contributed by atoms with van der Waals surface area (Å²) in [5, 5.41) is 2.79. The van der Waals surface area contributed by atoms with Gasteiger partial charge in [-0.3, -0.25) is 4.79 Å². The highest BCUT2D eigenvalue weighted by atomic mass is 32.1. The summed E-state index contributed by atoms with van der Waals surface area (Å²) >= 11 is 1.56. The zero-order chi connectivity index (χ0) is 16.3. The first-order valence-electron chi connectivity index (χ1n) is 6.79. The molecule has 22 heavy (non-hydrogen) atoms. The molecule has 1 heterocycles. The van der Waals surface area contributed by atoms with Crippen molar-refractivity contribution in [2.24, 2.45) is 0 Å². The van der Waals surface area contributed by atoms with Gasteiger partial charge in [0.25, 0.3) is 5.91 Å². The van der Waals surface area contributed by atoms with E-state index in [4.69, 9.17) is 0 Å². The summed E-state index contributed by atoms with van der Waals surface area (Å²) < 4.78 is 37.3. The lowest BCUT2D eigenvalue weighted by molar-refractivity contribution is -0.137. The molecule has 0 unspecified atom stereocenters. The van der Waals surface area contributed by atoms with Gasteiger partial charge in [-0.1, -0.05) is 12.1 Å². The zero-order valence-corrected chi connectivity index (χ0v) is 13.1. The van der Waals surface area contributed by atoms with Crippen LogP contribution in [0.25, 0.3) is 0 Å². The third-order valence-corrected chi connectivity index (χ3v) is 4.23. The average molecular weight is 327 g/mol. The molecule has 118 valence electrons. The number of hydrogen-bond donors (Lipinski definition) is 1. The lowest BCUT2D eigenvalue weighted by Gasteiger charge is -2.08. The Morgan fingerprint density at radius 1 is 1.18 bits per heavy atom. The van der Waals surface area contributed by atoms with Gasteiger partial charge in [-0.2, -0.15) is 13.2 Å². The number of aryl methyl sites for hydroxylation is 2. The molecule has 1 aromatic heterocycles. The number of amides is 1. The van der Waals surface area contributed by atoms with Crippen LogP contribution in [0.15, 0.2) is 30.3 Å². The molecule has 0 saturated carbocycles. The Kier molecular flexibility index (Phi) is 4.90. The lowest BCUT2D eigenvalue weighted by Crippen LogP contribution is -2.25. The number of thiophene rings is 1. The highest BCUT2D eigenvalue weighted by Gasteiger charge is 2.29. The van der Waals surface area contributed by atoms with Gasteiger partial charge in [0.2, 0.25) is 0 Å². The van der Waals surface area contributed by atoms with Crippen molar-refractivity contribution in [1.29, 1.82) is 0 Å². The molecule has 2 nitrogen and oxygen atoms in total. The Morgan fingerprint density at radius 3 is 2.32 bits per heavy atom. The second-order valence-electron chi connectivity index (χ2n) is 5.03. The van der Waals surface area contributed by atoms with Crippen LogP contribution in [-0.2, 0) is 12.6 Å². The average Bonchev–Trinajstić information content (AvgIpc) is 2.77. The molecule has 0 aliphatic carbocycles. The lowest BCUT2D eigenvalue weighted by atomic mass is 10.1. The fraction of sp³-hybridized carbons (Fsp3) is 0.312. The van der Waals surface area contributed by atoms with E-state index >= 15 is 0 Å². The summed E-state index contributed by atoms with van der Waals surface area (Å²) in [4.78, 5) is 14.0. The van der Waals surface area contributed by atoms with Gasteiger partial charge in [0.15, 0.2) is 0 Å². The molecule has 1 N–H and O–H groups in total. The summed E-state index contributed by atoms with van der Waals surface area (Å²) in [6.45, 7) is 4.22. The van der Waals surface area contributed by atoms with Crippen LogP contribution in [0.2, 0.25) is 0 Å². The fourth-order valence-corrected chi connectivity index (χ4v) is 3.05. The van der Waals surface area contributed by atoms with Crippen molar-refractivity contribution in [3.8, 4) is 0 Å². The van der Waals surface area contributed by atoms with Crippen molar-refractivity contribution < 1.29 is 18.0 Å². The molecular formula is C16H16F3NOS. The SMILES string of the molecule is Cc1cc(C(=O)NCCc2ccc(C(F)(F)F)cc2)c(C)s1. The number of carbonyl (C=O) groups excluding carboxylic acids is 1. The Labute approximate surface area is 131 Å². The maximum Gasteiger partial charge on any atom is 0.416 e. The van der Waals surface area contributed by atoms with Crippen molar-refractivity contribution >= 4 is 17.2 Å². The highest BCUT2D eigenvalue weighted by Crippen LogP contribution is 2.29. The Morgan fingerprint density at radius 2 is 1.82 bits per heavy atom. The monoisotopic (exact) mass is 327 g/mol. The number of halogens is 3. The van der Waals surface area contributed by atoms with E-state index in [1.165, 1.54) is 12.1 Å². The van der Waals surface area contributed by atoms with Gasteiger partial charge in [-0.05, 0) is 44.0 Å². The second kappa shape index (κ2) is 6.52. The van der Waals surface area contributed by atoms with Gasteiger partial charge in [0.05, 0.1) is 11.1 Å². The predicted octanol–water partition coefficient (Wildman–Crippen LogP) is 4.36. The first-order chi connectivity index (χ1) is 10.3. The highest BCUT2D eigenvalue weighted by molar-refractivity contribution is 7.12. The minimum Gasteiger partial charge on any atom is -0.352 e. The quantitative estimate of drug-likeness (QED) is 0.888. The van der Waals surface area contributed by atoms with Gasteiger partial charge in [-0.25, -0.2) is 0 Å². The van der Waals surface area contributed by atoms with Crippen LogP contribution in [-0.4, -0.2) is 12.5 Å². The summed E-state index contributed by atoms with van der Waals surface area (Å²) in [5.74, 6) is -0.145. The minimum absolute atomic E-state index is 0.145. The molecule has 2 aromatic rings. The van der Waals surface area contributed by atoms with E-state index in [2.05, 4.69) is 5.32 Å². The van der Waals surface area contributed by atoms with Crippen LogP contribution in [0.4, 0.5) is 13.2 Å². The summed E-state index contributed by atoms with van der Waals surface area (Å²) in [7, 11) is 0. The predicted molar refractivity (Wildman–Crippen MR) is 81.3 cm³/mol. The molecule has 6 heteroatoms. The van der Waals surface area contributed by atoms with Crippen molar-refractivity contribution in [3.05, 3.63) is 56.8 Å². The first kappa shape index (κ1) is 16.5. The summed E-state index contributed by atoms with van der Waals surface area (Å²) in [6.07, 6.45) is -3.83. The maximum atomic E-state index is 12.4. The van der Waals surface area contributed by atoms with E-state index in [-0.39, 0.29) is 5.91 Å². The van der Waals surface area contributed by atoms with Gasteiger partial charge >= 0.3 is 6.18 Å². The van der Waals surface area contributed by atoms with Gasteiger partial charge in [-0.15, -0.1) is 11.3 Å². The van der Waals surface area contributed by atoms with Crippen LogP contribution < -0.4 is 5.32 Å². The van der Waals surface area contributed by atoms with E-state index in [9.17, 15) is 18.0 Å². The maximum absolute atomic E-state index is 12.4. The standard InChI is InChI=1S/C16H16F3NOS/c1-10-9-14(11(2)22-10)15(21)20-8-7-12-3-5-13(6-4-12)16(17,18)19/h3-6,9H,7-8H2,1-2H3,(H,20,21). The molecule has 1 aromatic carbocycles. The van der Waals surface area contributed by atoms with Crippen LogP contribution >= 0.6 is 11.3 Å². The molecule has 0 bridgehead atoms. The van der Waals surface area contributed by atoms with Crippen LogP contribution in [0.5, 0.6) is 0 Å². The fourth-order valence-electron chi connectivity index (χ4n) is 2.13. The number of benzene rings is 1. The van der Waals surface area contributed by atoms with Crippen molar-refractivity contribution in [3.63, 3.8) is 0 Å². The molecule has 0 saturated heterocycles. The molecule has 0 aliphatic rings. The Bertz CT molecular complexity index is 659. The topological polar surface area (TPSA) is 29.1 Å². The molecule has 2 rings (SSSR count). The van der Waals surface area contributed by atoms with E-state index in [1.807, 2.05) is 19.9 Å². The van der Waals surface area contributed by atoms with E-state index in [0.29, 0.717) is 18.5 Å². The number of carbonyl (C=O) groups is 1. The van der Waals surface area contributed by atoms with E-state index in [0.717, 1.165) is 27.5 Å². The summed E-state index contributed by atoms with van der Waals surface area (Å²) in [6, 6.07) is 6.84. The van der Waals surface area contributed by atoms with E-state index < -0.39 is 11.7 Å². The number of hydrogen-bond acceptors (Lipinski definition) is 2. The van der Waals surface area contributed by atoms with Gasteiger partial charge in [0.1, 0.15) is 0 Å². The first-order valence-corrected chi connectivity index (χ1v) is 7.60. The van der Waals surface area contributed by atoms with Crippen LogP contribution in [0.1, 0.15) is 31.2 Å². The van der Waals surface area contributed by atoms with Crippen molar-refractivity contribution in [2.45, 2.75) is 26.4 Å². The number of nitrogens with one attached hydrogen (secondary N) is 1. The Balaban J connectivity index is 1.89. The normalized spacial score (nSPS) is 11.5. The molecule has 0 aliphatic heterocycles. The van der Waals surface area contributed by atoms with E-state index in [1.54, 1.807) is 11.3 Å². The molecule has 1 amide bonds. The van der Waals surface area contributed by atoms with Gasteiger partial charge < -0.3 is 5.32 Å². The third kappa shape index (κ3) is 4.10. The molecule has 0 radical (unpaired) electrons.